The van der Waals surface area contributed by atoms with Crippen molar-refractivity contribution in [3.8, 4) is 0 Å². The number of ether oxygens (including phenoxy) is 1. The molecular formula is C19H27N3O4. The van der Waals surface area contributed by atoms with E-state index in [1.165, 1.54) is 6.92 Å². The molecule has 1 heterocycles. The summed E-state index contributed by atoms with van der Waals surface area (Å²) in [6.07, 6.45) is 1.97. The van der Waals surface area contributed by atoms with Crippen LogP contribution in [0.2, 0.25) is 0 Å². The van der Waals surface area contributed by atoms with Crippen LogP contribution in [-0.2, 0) is 9.53 Å². The number of anilines is 1. The molecule has 2 atom stereocenters. The van der Waals surface area contributed by atoms with E-state index in [0.29, 0.717) is 30.9 Å². The zero-order valence-electron chi connectivity index (χ0n) is 15.6. The Bertz CT molecular complexity index is 645. The molecule has 1 aromatic rings. The Morgan fingerprint density at radius 1 is 1.15 bits per heavy atom. The van der Waals surface area contributed by atoms with Gasteiger partial charge in [0.2, 0.25) is 5.91 Å². The van der Waals surface area contributed by atoms with Gasteiger partial charge in [-0.3, -0.25) is 4.79 Å². The van der Waals surface area contributed by atoms with Crippen LogP contribution < -0.4 is 10.6 Å². The lowest BCUT2D eigenvalue weighted by molar-refractivity contribution is -0.119. The Kier molecular flexibility index (Phi) is 7.00. The molecular weight excluding hydrogens is 334 g/mol. The van der Waals surface area contributed by atoms with Gasteiger partial charge in [-0.15, -0.1) is 0 Å². The number of urea groups is 1. The zero-order chi connectivity index (χ0) is 19.1. The molecule has 142 valence electrons. The van der Waals surface area contributed by atoms with Crippen molar-refractivity contribution < 1.29 is 19.1 Å². The van der Waals surface area contributed by atoms with Gasteiger partial charge in [0.1, 0.15) is 0 Å². The number of hydrogen-bond donors (Lipinski definition) is 2. The van der Waals surface area contributed by atoms with Gasteiger partial charge in [-0.25, -0.2) is 9.59 Å². The molecule has 1 aromatic carbocycles. The average molecular weight is 361 g/mol. The standard InChI is InChI=1S/C19H27N3O4/c1-4-6-15-11-22(12-17(15)20-13(3)23)19(25)21-16-9-7-14(8-10-16)18(24)26-5-2/h7-10,15,17H,4-6,11-12H2,1-3H3,(H,20,23)(H,21,25)/t15-,17-/m1/s1. The van der Waals surface area contributed by atoms with Gasteiger partial charge in [0.05, 0.1) is 18.2 Å². The molecule has 1 saturated heterocycles. The predicted molar refractivity (Wildman–Crippen MR) is 99.0 cm³/mol. The molecule has 0 radical (unpaired) electrons. The molecule has 0 aromatic heterocycles. The van der Waals surface area contributed by atoms with Crippen LogP contribution >= 0.6 is 0 Å². The summed E-state index contributed by atoms with van der Waals surface area (Å²) in [5.74, 6) is -0.195. The second-order valence-corrected chi connectivity index (χ2v) is 6.49. The zero-order valence-corrected chi connectivity index (χ0v) is 15.6. The van der Waals surface area contributed by atoms with Crippen LogP contribution in [0.3, 0.4) is 0 Å². The van der Waals surface area contributed by atoms with Crippen molar-refractivity contribution in [2.24, 2.45) is 5.92 Å². The molecule has 2 N–H and O–H groups in total. The van der Waals surface area contributed by atoms with Crippen LogP contribution in [0.4, 0.5) is 10.5 Å². The summed E-state index contributed by atoms with van der Waals surface area (Å²) in [6, 6.07) is 6.38. The number of amides is 3. The SMILES string of the molecule is CCC[C@@H]1CN(C(=O)Nc2ccc(C(=O)OCC)cc2)C[C@H]1NC(C)=O. The quantitative estimate of drug-likeness (QED) is 0.763. The molecule has 0 bridgehead atoms. The minimum atomic E-state index is -0.384. The normalized spacial score (nSPS) is 19.1. The van der Waals surface area contributed by atoms with E-state index >= 15 is 0 Å². The first-order valence-corrected chi connectivity index (χ1v) is 9.04. The maximum absolute atomic E-state index is 12.5. The number of benzene rings is 1. The number of nitrogens with one attached hydrogen (secondary N) is 2. The van der Waals surface area contributed by atoms with E-state index in [0.717, 1.165) is 12.8 Å². The van der Waals surface area contributed by atoms with Crippen LogP contribution in [0.15, 0.2) is 24.3 Å². The smallest absolute Gasteiger partial charge is 0.338 e. The van der Waals surface area contributed by atoms with Gasteiger partial charge < -0.3 is 20.3 Å². The van der Waals surface area contributed by atoms with E-state index in [9.17, 15) is 14.4 Å². The highest BCUT2D eigenvalue weighted by Gasteiger charge is 2.35. The Morgan fingerprint density at radius 2 is 1.85 bits per heavy atom. The van der Waals surface area contributed by atoms with Crippen molar-refractivity contribution in [1.29, 1.82) is 0 Å². The van der Waals surface area contributed by atoms with Crippen molar-refractivity contribution in [1.82, 2.24) is 10.2 Å². The van der Waals surface area contributed by atoms with Crippen molar-refractivity contribution in [2.75, 3.05) is 25.0 Å². The lowest BCUT2D eigenvalue weighted by atomic mass is 9.98. The minimum Gasteiger partial charge on any atom is -0.462 e. The Balaban J connectivity index is 1.96. The third-order valence-electron chi connectivity index (χ3n) is 4.42. The van der Waals surface area contributed by atoms with Crippen molar-refractivity contribution >= 4 is 23.6 Å². The van der Waals surface area contributed by atoms with Gasteiger partial charge in [-0.1, -0.05) is 13.3 Å². The molecule has 0 unspecified atom stereocenters. The van der Waals surface area contributed by atoms with Gasteiger partial charge in [-0.05, 0) is 43.5 Å². The number of hydrogen-bond acceptors (Lipinski definition) is 4. The van der Waals surface area contributed by atoms with Gasteiger partial charge in [-0.2, -0.15) is 0 Å². The van der Waals surface area contributed by atoms with Gasteiger partial charge in [0.25, 0.3) is 0 Å². The van der Waals surface area contributed by atoms with Crippen molar-refractivity contribution in [3.63, 3.8) is 0 Å². The van der Waals surface area contributed by atoms with E-state index in [1.54, 1.807) is 36.1 Å². The van der Waals surface area contributed by atoms with E-state index in [1.807, 2.05) is 0 Å². The number of esters is 1. The second kappa shape index (κ2) is 9.22. The molecule has 3 amide bonds. The van der Waals surface area contributed by atoms with Crippen LogP contribution in [-0.4, -0.2) is 48.5 Å². The number of likely N-dealkylation sites (tertiary alicyclic amines) is 1. The number of carbonyl (C=O) groups is 3. The molecule has 0 aliphatic carbocycles. The highest BCUT2D eigenvalue weighted by Crippen LogP contribution is 2.23. The van der Waals surface area contributed by atoms with Crippen LogP contribution in [0.1, 0.15) is 44.0 Å². The monoisotopic (exact) mass is 361 g/mol. The summed E-state index contributed by atoms with van der Waals surface area (Å²) in [7, 11) is 0. The Morgan fingerprint density at radius 3 is 2.42 bits per heavy atom. The summed E-state index contributed by atoms with van der Waals surface area (Å²) in [5, 5.41) is 5.79. The number of carbonyl (C=O) groups excluding carboxylic acids is 3. The van der Waals surface area contributed by atoms with Crippen molar-refractivity contribution in [2.45, 2.75) is 39.7 Å². The van der Waals surface area contributed by atoms with Gasteiger partial charge in [0.15, 0.2) is 0 Å². The molecule has 1 fully saturated rings. The van der Waals surface area contributed by atoms with Gasteiger partial charge in [0, 0.05) is 25.7 Å². The topological polar surface area (TPSA) is 87.7 Å². The number of rotatable bonds is 6. The van der Waals surface area contributed by atoms with E-state index in [-0.39, 0.29) is 29.9 Å². The summed E-state index contributed by atoms with van der Waals surface area (Å²) in [6.45, 7) is 6.78. The predicted octanol–water partition coefficient (Wildman–Crippen LogP) is 2.63. The summed E-state index contributed by atoms with van der Waals surface area (Å²) in [5.41, 5.74) is 1.05. The molecule has 0 saturated carbocycles. The summed E-state index contributed by atoms with van der Waals surface area (Å²) < 4.78 is 4.94. The van der Waals surface area contributed by atoms with Crippen LogP contribution in [0.5, 0.6) is 0 Å². The third-order valence-corrected chi connectivity index (χ3v) is 4.42. The molecule has 2 rings (SSSR count). The lowest BCUT2D eigenvalue weighted by Crippen LogP contribution is -2.40. The highest BCUT2D eigenvalue weighted by atomic mass is 16.5. The highest BCUT2D eigenvalue weighted by molar-refractivity contribution is 5.92. The molecule has 26 heavy (non-hydrogen) atoms. The van der Waals surface area contributed by atoms with Crippen molar-refractivity contribution in [3.05, 3.63) is 29.8 Å². The molecule has 7 heteroatoms. The van der Waals surface area contributed by atoms with Crippen LogP contribution in [0, 0.1) is 5.92 Å². The summed E-state index contributed by atoms with van der Waals surface area (Å²) in [4.78, 5) is 37.3. The molecule has 0 spiro atoms. The van der Waals surface area contributed by atoms with Crippen LogP contribution in [0.25, 0.3) is 0 Å². The van der Waals surface area contributed by atoms with Gasteiger partial charge >= 0.3 is 12.0 Å². The van der Waals surface area contributed by atoms with E-state index < -0.39 is 0 Å². The molecule has 1 aliphatic heterocycles. The Hall–Kier alpha value is -2.57. The maximum Gasteiger partial charge on any atom is 0.338 e. The fraction of sp³-hybridized carbons (Fsp3) is 0.526. The first kappa shape index (κ1) is 19.8. The lowest BCUT2D eigenvalue weighted by Gasteiger charge is -2.18. The fourth-order valence-electron chi connectivity index (χ4n) is 3.23. The first-order valence-electron chi connectivity index (χ1n) is 9.04. The third kappa shape index (κ3) is 5.21. The second-order valence-electron chi connectivity index (χ2n) is 6.49. The van der Waals surface area contributed by atoms with E-state index in [4.69, 9.17) is 4.74 Å². The largest absolute Gasteiger partial charge is 0.462 e. The first-order chi connectivity index (χ1) is 12.4. The maximum atomic E-state index is 12.5. The Labute approximate surface area is 154 Å². The summed E-state index contributed by atoms with van der Waals surface area (Å²) >= 11 is 0. The molecule has 7 nitrogen and oxygen atoms in total. The fourth-order valence-corrected chi connectivity index (χ4v) is 3.23. The average Bonchev–Trinajstić information content (AvgIpc) is 2.98. The minimum absolute atomic E-state index is 0.00982. The molecule has 1 aliphatic rings. The number of nitrogens with zero attached hydrogens (tertiary/aromatic N) is 1. The van der Waals surface area contributed by atoms with E-state index in [2.05, 4.69) is 17.6 Å².